The molecule has 0 aliphatic carbocycles. The van der Waals surface area contributed by atoms with Crippen LogP contribution in [0.15, 0.2) is 27.9 Å². The molecule has 86 valence electrons. The Bertz CT molecular complexity index is 572. The number of aryl methyl sites for hydroxylation is 1. The Hall–Kier alpha value is -1.38. The smallest absolute Gasteiger partial charge is 0.150 e. The summed E-state index contributed by atoms with van der Waals surface area (Å²) >= 11 is 3.08. The molecule has 0 aliphatic rings. The van der Waals surface area contributed by atoms with E-state index in [9.17, 15) is 4.39 Å². The number of nitriles is 1. The minimum atomic E-state index is -0.310. The van der Waals surface area contributed by atoms with Crippen LogP contribution < -0.4 is 0 Å². The van der Waals surface area contributed by atoms with Crippen molar-refractivity contribution in [2.45, 2.75) is 17.0 Å². The summed E-state index contributed by atoms with van der Waals surface area (Å²) in [5.41, 5.74) is 2.22. The van der Waals surface area contributed by atoms with Crippen molar-refractivity contribution in [3.05, 3.63) is 46.2 Å². The zero-order valence-corrected chi connectivity index (χ0v) is 10.7. The summed E-state index contributed by atoms with van der Waals surface area (Å²) < 4.78 is 14.0. The van der Waals surface area contributed by atoms with E-state index in [1.165, 1.54) is 30.0 Å². The van der Waals surface area contributed by atoms with E-state index in [0.717, 1.165) is 10.0 Å². The van der Waals surface area contributed by atoms with Crippen LogP contribution in [-0.4, -0.2) is 4.98 Å². The topological polar surface area (TPSA) is 36.7 Å². The molecule has 2 aromatic rings. The number of thioether (sulfide) groups is 1. The highest BCUT2D eigenvalue weighted by Crippen LogP contribution is 2.27. The molecule has 0 saturated heterocycles. The molecule has 0 amide bonds. The Labute approximate surface area is 107 Å². The molecular formula is C12H9FN2S2. The van der Waals surface area contributed by atoms with Gasteiger partial charge in [0.1, 0.15) is 10.2 Å². The highest BCUT2D eigenvalue weighted by atomic mass is 32.2. The molecule has 0 radical (unpaired) electrons. The molecule has 0 saturated carbocycles. The molecular weight excluding hydrogens is 255 g/mol. The summed E-state index contributed by atoms with van der Waals surface area (Å²) in [6.45, 7) is 1.93. The van der Waals surface area contributed by atoms with Gasteiger partial charge >= 0.3 is 0 Å². The molecule has 1 heterocycles. The zero-order valence-electron chi connectivity index (χ0n) is 9.11. The Morgan fingerprint density at radius 2 is 2.35 bits per heavy atom. The standard InChI is InChI=1S/C12H9FN2S2/c1-8-6-16-12(15-8)17-7-10-4-11(13)3-2-9(10)5-14/h2-4,6H,7H2,1H3. The average Bonchev–Trinajstić information content (AvgIpc) is 2.73. The minimum Gasteiger partial charge on any atom is -0.235 e. The van der Waals surface area contributed by atoms with Crippen LogP contribution in [-0.2, 0) is 5.75 Å². The molecule has 1 aromatic heterocycles. The molecule has 0 aliphatic heterocycles. The Kier molecular flexibility index (Phi) is 3.77. The average molecular weight is 264 g/mol. The van der Waals surface area contributed by atoms with Crippen molar-refractivity contribution in [1.82, 2.24) is 4.98 Å². The number of benzene rings is 1. The molecule has 0 atom stereocenters. The highest BCUT2D eigenvalue weighted by Gasteiger charge is 2.06. The lowest BCUT2D eigenvalue weighted by Crippen LogP contribution is -1.89. The second-order valence-electron chi connectivity index (χ2n) is 3.46. The van der Waals surface area contributed by atoms with E-state index in [1.54, 1.807) is 11.3 Å². The fraction of sp³-hybridized carbons (Fsp3) is 0.167. The van der Waals surface area contributed by atoms with E-state index in [1.807, 2.05) is 12.3 Å². The first-order chi connectivity index (χ1) is 8.19. The third-order valence-corrected chi connectivity index (χ3v) is 4.32. The molecule has 5 heteroatoms. The number of hydrogen-bond acceptors (Lipinski definition) is 4. The second-order valence-corrected chi connectivity index (χ2v) is 5.54. The summed E-state index contributed by atoms with van der Waals surface area (Å²) in [5.74, 6) is 0.253. The first-order valence-electron chi connectivity index (χ1n) is 4.92. The summed E-state index contributed by atoms with van der Waals surface area (Å²) in [5, 5.41) is 10.9. The normalized spacial score (nSPS) is 10.2. The van der Waals surface area contributed by atoms with Crippen LogP contribution >= 0.6 is 23.1 Å². The van der Waals surface area contributed by atoms with Gasteiger partial charge in [0.15, 0.2) is 0 Å². The van der Waals surface area contributed by atoms with Gasteiger partial charge in [-0.25, -0.2) is 9.37 Å². The predicted octanol–water partition coefficient (Wildman–Crippen LogP) is 3.75. The van der Waals surface area contributed by atoms with E-state index in [2.05, 4.69) is 11.1 Å². The van der Waals surface area contributed by atoms with E-state index < -0.39 is 0 Å². The molecule has 0 N–H and O–H groups in total. The Morgan fingerprint density at radius 1 is 1.53 bits per heavy atom. The first-order valence-corrected chi connectivity index (χ1v) is 6.79. The number of rotatable bonds is 3. The maximum atomic E-state index is 13.1. The summed E-state index contributed by atoms with van der Waals surface area (Å²) in [6.07, 6.45) is 0. The SMILES string of the molecule is Cc1csc(SCc2cc(F)ccc2C#N)n1. The van der Waals surface area contributed by atoms with Gasteiger partial charge in [-0.05, 0) is 30.7 Å². The van der Waals surface area contributed by atoms with Crippen LogP contribution in [0.5, 0.6) is 0 Å². The van der Waals surface area contributed by atoms with Crippen LogP contribution in [0.2, 0.25) is 0 Å². The molecule has 0 bridgehead atoms. The lowest BCUT2D eigenvalue weighted by Gasteiger charge is -2.02. The lowest BCUT2D eigenvalue weighted by molar-refractivity contribution is 0.626. The maximum absolute atomic E-state index is 13.1. The van der Waals surface area contributed by atoms with Gasteiger partial charge < -0.3 is 0 Å². The van der Waals surface area contributed by atoms with Gasteiger partial charge in [-0.1, -0.05) is 11.8 Å². The van der Waals surface area contributed by atoms with Crippen LogP contribution in [0.4, 0.5) is 4.39 Å². The first kappa shape index (κ1) is 12.1. The summed E-state index contributed by atoms with van der Waals surface area (Å²) in [6, 6.07) is 6.29. The number of hydrogen-bond donors (Lipinski definition) is 0. The van der Waals surface area contributed by atoms with Gasteiger partial charge in [0.2, 0.25) is 0 Å². The zero-order chi connectivity index (χ0) is 12.3. The van der Waals surface area contributed by atoms with Gasteiger partial charge in [-0.3, -0.25) is 0 Å². The van der Waals surface area contributed by atoms with Gasteiger partial charge in [0.25, 0.3) is 0 Å². The quantitative estimate of drug-likeness (QED) is 0.792. The minimum absolute atomic E-state index is 0.310. The van der Waals surface area contributed by atoms with E-state index in [-0.39, 0.29) is 5.82 Å². The summed E-state index contributed by atoms with van der Waals surface area (Å²) in [4.78, 5) is 4.31. The van der Waals surface area contributed by atoms with Crippen molar-refractivity contribution in [2.24, 2.45) is 0 Å². The van der Waals surface area contributed by atoms with Gasteiger partial charge in [0.05, 0.1) is 11.6 Å². The predicted molar refractivity (Wildman–Crippen MR) is 67.5 cm³/mol. The molecule has 2 nitrogen and oxygen atoms in total. The monoisotopic (exact) mass is 264 g/mol. The van der Waals surface area contributed by atoms with Crippen molar-refractivity contribution in [2.75, 3.05) is 0 Å². The largest absolute Gasteiger partial charge is 0.235 e. The number of nitrogens with zero attached hydrogens (tertiary/aromatic N) is 2. The Morgan fingerprint density at radius 3 is 3.00 bits per heavy atom. The van der Waals surface area contributed by atoms with Gasteiger partial charge in [-0.2, -0.15) is 5.26 Å². The van der Waals surface area contributed by atoms with Crippen molar-refractivity contribution >= 4 is 23.1 Å². The number of aromatic nitrogens is 1. The van der Waals surface area contributed by atoms with Crippen molar-refractivity contribution in [3.63, 3.8) is 0 Å². The highest BCUT2D eigenvalue weighted by molar-refractivity contribution is 8.00. The Balaban J connectivity index is 2.13. The molecule has 0 spiro atoms. The molecule has 17 heavy (non-hydrogen) atoms. The number of thiazole rings is 1. The van der Waals surface area contributed by atoms with Crippen LogP contribution in [0.3, 0.4) is 0 Å². The third-order valence-electron chi connectivity index (χ3n) is 2.14. The fourth-order valence-electron chi connectivity index (χ4n) is 1.33. The van der Waals surface area contributed by atoms with Crippen molar-refractivity contribution in [3.8, 4) is 6.07 Å². The van der Waals surface area contributed by atoms with Crippen LogP contribution in [0.1, 0.15) is 16.8 Å². The second kappa shape index (κ2) is 5.30. The van der Waals surface area contributed by atoms with Crippen molar-refractivity contribution < 1.29 is 4.39 Å². The molecule has 0 unspecified atom stereocenters. The summed E-state index contributed by atoms with van der Waals surface area (Å²) in [7, 11) is 0. The van der Waals surface area contributed by atoms with E-state index in [0.29, 0.717) is 16.9 Å². The maximum Gasteiger partial charge on any atom is 0.150 e. The van der Waals surface area contributed by atoms with Gasteiger partial charge in [0, 0.05) is 16.8 Å². The van der Waals surface area contributed by atoms with E-state index in [4.69, 9.17) is 5.26 Å². The fourth-order valence-corrected chi connectivity index (χ4v) is 3.17. The number of halogens is 1. The van der Waals surface area contributed by atoms with E-state index >= 15 is 0 Å². The molecule has 2 rings (SSSR count). The molecule has 0 fully saturated rings. The van der Waals surface area contributed by atoms with Crippen LogP contribution in [0.25, 0.3) is 0 Å². The molecule has 1 aromatic carbocycles. The van der Waals surface area contributed by atoms with Gasteiger partial charge in [-0.15, -0.1) is 11.3 Å². The van der Waals surface area contributed by atoms with Crippen LogP contribution in [0, 0.1) is 24.1 Å². The lowest BCUT2D eigenvalue weighted by atomic mass is 10.1. The third kappa shape index (κ3) is 3.05. The van der Waals surface area contributed by atoms with Crippen molar-refractivity contribution in [1.29, 1.82) is 5.26 Å².